The molecule has 140 valence electrons. The van der Waals surface area contributed by atoms with Crippen LogP contribution in [-0.4, -0.2) is 12.5 Å². The minimum absolute atomic E-state index is 0.106. The van der Waals surface area contributed by atoms with Crippen LogP contribution in [0, 0.1) is 18.3 Å². The molecule has 0 heterocycles. The highest BCUT2D eigenvalue weighted by Crippen LogP contribution is 2.31. The molecule has 1 N–H and O–H groups in total. The summed E-state index contributed by atoms with van der Waals surface area (Å²) in [5.41, 5.74) is 1.42. The average molecular weight is 378 g/mol. The maximum atomic E-state index is 12.8. The number of halogens is 2. The van der Waals surface area contributed by atoms with Gasteiger partial charge in [0.1, 0.15) is 17.4 Å². The predicted molar refractivity (Wildman–Crippen MR) is 104 cm³/mol. The molecule has 3 rings (SSSR count). The molecule has 0 saturated heterocycles. The number of hydrogen-bond acceptors (Lipinski definition) is 3. The number of nitrogens with one attached hydrogen (secondary N) is 1. The van der Waals surface area contributed by atoms with Gasteiger partial charge in [0.2, 0.25) is 0 Å². The second-order valence-corrected chi connectivity index (χ2v) is 6.02. The van der Waals surface area contributed by atoms with Crippen LogP contribution in [0.5, 0.6) is 5.75 Å². The lowest BCUT2D eigenvalue weighted by Gasteiger charge is -2.12. The fraction of sp³-hybridized carbons (Fsp3) is 0.0909. The van der Waals surface area contributed by atoms with E-state index in [1.807, 2.05) is 25.1 Å². The van der Waals surface area contributed by atoms with Gasteiger partial charge in [-0.15, -0.1) is 0 Å². The minimum atomic E-state index is -3.03. The normalized spacial score (nSPS) is 11.3. The molecule has 0 fully saturated rings. The number of carbonyl (C=O) groups excluding carboxylic acids is 1. The van der Waals surface area contributed by atoms with Gasteiger partial charge in [0.05, 0.1) is 0 Å². The molecule has 0 saturated carbocycles. The molecule has 1 amide bonds. The lowest BCUT2D eigenvalue weighted by Crippen LogP contribution is -2.14. The van der Waals surface area contributed by atoms with E-state index in [2.05, 4.69) is 10.1 Å². The Balaban J connectivity index is 2.06. The fourth-order valence-corrected chi connectivity index (χ4v) is 2.82. The molecule has 0 aliphatic rings. The van der Waals surface area contributed by atoms with Crippen molar-refractivity contribution >= 4 is 28.4 Å². The smallest absolute Gasteiger partial charge is 0.387 e. The molecule has 0 bridgehead atoms. The van der Waals surface area contributed by atoms with E-state index in [0.717, 1.165) is 10.9 Å². The summed E-state index contributed by atoms with van der Waals surface area (Å²) in [6, 6.07) is 19.1. The van der Waals surface area contributed by atoms with E-state index in [1.165, 1.54) is 12.1 Å². The van der Waals surface area contributed by atoms with Crippen molar-refractivity contribution in [1.29, 1.82) is 5.26 Å². The molecule has 3 aromatic carbocycles. The zero-order valence-electron chi connectivity index (χ0n) is 14.9. The van der Waals surface area contributed by atoms with Crippen LogP contribution in [0.15, 0.2) is 66.2 Å². The van der Waals surface area contributed by atoms with Gasteiger partial charge < -0.3 is 10.1 Å². The number of benzene rings is 3. The van der Waals surface area contributed by atoms with Crippen molar-refractivity contribution in [3.63, 3.8) is 0 Å². The number of aryl methyl sites for hydroxylation is 1. The van der Waals surface area contributed by atoms with Crippen LogP contribution in [0.2, 0.25) is 0 Å². The molecule has 0 radical (unpaired) electrons. The van der Waals surface area contributed by atoms with Gasteiger partial charge in [-0.25, -0.2) is 0 Å². The molecule has 0 unspecified atom stereocenters. The number of rotatable bonds is 5. The summed E-state index contributed by atoms with van der Waals surface area (Å²) in [5.74, 6) is -0.738. The van der Waals surface area contributed by atoms with Crippen LogP contribution in [-0.2, 0) is 4.79 Å². The van der Waals surface area contributed by atoms with Gasteiger partial charge in [-0.2, -0.15) is 14.0 Å². The largest absolute Gasteiger partial charge is 0.434 e. The second-order valence-electron chi connectivity index (χ2n) is 6.02. The third-order valence-corrected chi connectivity index (χ3v) is 4.19. The Kier molecular flexibility index (Phi) is 5.66. The van der Waals surface area contributed by atoms with Gasteiger partial charge in [-0.1, -0.05) is 48.5 Å². The van der Waals surface area contributed by atoms with Crippen LogP contribution < -0.4 is 10.1 Å². The number of ether oxygens (including phenoxy) is 1. The average Bonchev–Trinajstić information content (AvgIpc) is 2.68. The Morgan fingerprint density at radius 3 is 2.54 bits per heavy atom. The molecule has 0 atom stereocenters. The summed E-state index contributed by atoms with van der Waals surface area (Å²) in [6.07, 6.45) is 1.27. The van der Waals surface area contributed by atoms with E-state index in [4.69, 9.17) is 0 Å². The first-order valence-electron chi connectivity index (χ1n) is 8.45. The van der Waals surface area contributed by atoms with Gasteiger partial charge in [-0.3, -0.25) is 4.79 Å². The molecular weight excluding hydrogens is 362 g/mol. The van der Waals surface area contributed by atoms with E-state index in [-0.39, 0.29) is 16.9 Å². The summed E-state index contributed by atoms with van der Waals surface area (Å²) in [4.78, 5) is 12.6. The van der Waals surface area contributed by atoms with Crippen molar-refractivity contribution in [2.75, 3.05) is 5.32 Å². The zero-order chi connectivity index (χ0) is 20.1. The lowest BCUT2D eigenvalue weighted by atomic mass is 10.0. The molecule has 0 aromatic heterocycles. The molecule has 0 aliphatic heterocycles. The van der Waals surface area contributed by atoms with Gasteiger partial charge in [-0.05, 0) is 41.5 Å². The van der Waals surface area contributed by atoms with E-state index in [1.54, 1.807) is 42.5 Å². The summed E-state index contributed by atoms with van der Waals surface area (Å²) < 4.78 is 30.2. The van der Waals surface area contributed by atoms with Crippen molar-refractivity contribution in [1.82, 2.24) is 0 Å². The zero-order valence-corrected chi connectivity index (χ0v) is 14.9. The molecular formula is C22H16F2N2O2. The third kappa shape index (κ3) is 4.15. The number of para-hydroxylation sites is 1. The van der Waals surface area contributed by atoms with Crippen molar-refractivity contribution in [3.8, 4) is 11.8 Å². The third-order valence-electron chi connectivity index (χ3n) is 4.19. The Morgan fingerprint density at radius 2 is 1.82 bits per heavy atom. The monoisotopic (exact) mass is 378 g/mol. The van der Waals surface area contributed by atoms with Crippen molar-refractivity contribution in [3.05, 3.63) is 77.4 Å². The van der Waals surface area contributed by atoms with Crippen molar-refractivity contribution < 1.29 is 18.3 Å². The Morgan fingerprint density at radius 1 is 1.11 bits per heavy atom. The summed E-state index contributed by atoms with van der Waals surface area (Å²) in [5, 5.41) is 13.5. The van der Waals surface area contributed by atoms with Crippen molar-refractivity contribution in [2.24, 2.45) is 0 Å². The summed E-state index contributed by atoms with van der Waals surface area (Å²) in [6.45, 7) is -1.20. The van der Waals surface area contributed by atoms with Crippen LogP contribution >= 0.6 is 0 Å². The molecule has 0 spiro atoms. The molecule has 6 heteroatoms. The quantitative estimate of drug-likeness (QED) is 0.484. The number of nitriles is 1. The standard InChI is InChI=1S/C22H16F2N2O2/c1-14-6-2-5-9-19(14)26-21(27)16(13-25)12-18-17-8-4-3-7-15(17)10-11-20(18)28-22(23)24/h2-12,22H,1H3,(H,26,27)/b16-12+. The van der Waals surface area contributed by atoms with Gasteiger partial charge in [0.15, 0.2) is 0 Å². The van der Waals surface area contributed by atoms with Crippen LogP contribution in [0.3, 0.4) is 0 Å². The Hall–Kier alpha value is -3.72. The number of carbonyl (C=O) groups is 1. The Labute approximate surface area is 160 Å². The fourth-order valence-electron chi connectivity index (χ4n) is 2.82. The number of amides is 1. The maximum Gasteiger partial charge on any atom is 0.387 e. The predicted octanol–water partition coefficient (Wildman–Crippen LogP) is 5.30. The van der Waals surface area contributed by atoms with E-state index in [0.29, 0.717) is 11.1 Å². The highest BCUT2D eigenvalue weighted by molar-refractivity contribution is 6.11. The summed E-state index contributed by atoms with van der Waals surface area (Å²) >= 11 is 0. The molecule has 28 heavy (non-hydrogen) atoms. The van der Waals surface area contributed by atoms with Crippen molar-refractivity contribution in [2.45, 2.75) is 13.5 Å². The van der Waals surface area contributed by atoms with Gasteiger partial charge >= 0.3 is 6.61 Å². The van der Waals surface area contributed by atoms with E-state index < -0.39 is 12.5 Å². The summed E-state index contributed by atoms with van der Waals surface area (Å²) in [7, 11) is 0. The molecule has 3 aromatic rings. The topological polar surface area (TPSA) is 62.1 Å². The van der Waals surface area contributed by atoms with Crippen LogP contribution in [0.1, 0.15) is 11.1 Å². The number of nitrogens with zero attached hydrogens (tertiary/aromatic N) is 1. The maximum absolute atomic E-state index is 12.8. The molecule has 0 aliphatic carbocycles. The first kappa shape index (κ1) is 19.1. The minimum Gasteiger partial charge on any atom is -0.434 e. The highest BCUT2D eigenvalue weighted by Gasteiger charge is 2.16. The first-order valence-corrected chi connectivity index (χ1v) is 8.45. The highest BCUT2D eigenvalue weighted by atomic mass is 19.3. The number of anilines is 1. The van der Waals surface area contributed by atoms with E-state index >= 15 is 0 Å². The number of alkyl halides is 2. The van der Waals surface area contributed by atoms with Crippen LogP contribution in [0.4, 0.5) is 14.5 Å². The first-order chi connectivity index (χ1) is 13.5. The van der Waals surface area contributed by atoms with Gasteiger partial charge in [0, 0.05) is 11.3 Å². The number of hydrogen-bond donors (Lipinski definition) is 1. The lowest BCUT2D eigenvalue weighted by molar-refractivity contribution is -0.112. The molecule has 4 nitrogen and oxygen atoms in total. The number of fused-ring (bicyclic) bond motifs is 1. The van der Waals surface area contributed by atoms with Crippen LogP contribution in [0.25, 0.3) is 16.8 Å². The van der Waals surface area contributed by atoms with E-state index in [9.17, 15) is 18.8 Å². The van der Waals surface area contributed by atoms with Gasteiger partial charge in [0.25, 0.3) is 5.91 Å². The Bertz CT molecular complexity index is 1100. The SMILES string of the molecule is Cc1ccccc1NC(=O)/C(C#N)=C/c1c(OC(F)F)ccc2ccccc12. The second kappa shape index (κ2) is 8.31.